The van der Waals surface area contributed by atoms with Gasteiger partial charge >= 0.3 is 6.16 Å². The highest BCUT2D eigenvalue weighted by Gasteiger charge is 2.05. The second kappa shape index (κ2) is 9.77. The third-order valence-electron chi connectivity index (χ3n) is 2.35. The molecule has 0 bridgehead atoms. The van der Waals surface area contributed by atoms with Crippen LogP contribution in [0, 0.1) is 5.92 Å². The monoisotopic (exact) mass is 218 g/mol. The van der Waals surface area contributed by atoms with Crippen LogP contribution in [0.3, 0.4) is 0 Å². The van der Waals surface area contributed by atoms with Crippen LogP contribution in [-0.4, -0.2) is 31.1 Å². The van der Waals surface area contributed by atoms with Gasteiger partial charge in [-0.1, -0.05) is 33.1 Å². The van der Waals surface area contributed by atoms with Crippen molar-refractivity contribution in [2.45, 2.75) is 39.5 Å². The molecule has 0 aromatic heterocycles. The smallest absolute Gasteiger partial charge is 0.450 e. The summed E-state index contributed by atoms with van der Waals surface area (Å²) in [6.45, 7) is 5.51. The first-order chi connectivity index (χ1) is 7.20. The summed E-state index contributed by atoms with van der Waals surface area (Å²) < 4.78 is 9.68. The summed E-state index contributed by atoms with van der Waals surface area (Å²) >= 11 is 0. The molecule has 0 saturated carbocycles. The van der Waals surface area contributed by atoms with Gasteiger partial charge in [-0.3, -0.25) is 0 Å². The fourth-order valence-corrected chi connectivity index (χ4v) is 1.34. The molecular weight excluding hydrogens is 196 g/mol. The van der Waals surface area contributed by atoms with Gasteiger partial charge in [-0.05, 0) is 12.3 Å². The molecule has 15 heavy (non-hydrogen) atoms. The van der Waals surface area contributed by atoms with E-state index in [9.17, 15) is 4.79 Å². The van der Waals surface area contributed by atoms with Crippen molar-refractivity contribution in [2.24, 2.45) is 5.92 Å². The molecule has 0 heterocycles. The van der Waals surface area contributed by atoms with Crippen molar-refractivity contribution in [3.8, 4) is 0 Å². The summed E-state index contributed by atoms with van der Waals surface area (Å²) in [4.78, 5) is 10.0. The zero-order valence-electron chi connectivity index (χ0n) is 9.70. The third-order valence-corrected chi connectivity index (χ3v) is 2.35. The summed E-state index contributed by atoms with van der Waals surface area (Å²) in [5, 5.41) is 8.21. The molecule has 0 rings (SSSR count). The maximum absolute atomic E-state index is 10.0. The highest BCUT2D eigenvalue weighted by molar-refractivity contribution is 5.56. The molecule has 0 spiro atoms. The lowest BCUT2D eigenvalue weighted by Gasteiger charge is -2.14. The molecule has 0 aliphatic heterocycles. The van der Waals surface area contributed by atoms with Crippen LogP contribution in [0.5, 0.6) is 0 Å². The summed E-state index contributed by atoms with van der Waals surface area (Å²) in [5.41, 5.74) is 0. The van der Waals surface area contributed by atoms with Gasteiger partial charge in [0, 0.05) is 6.61 Å². The van der Waals surface area contributed by atoms with E-state index in [4.69, 9.17) is 9.84 Å². The third kappa shape index (κ3) is 9.53. The van der Waals surface area contributed by atoms with E-state index in [1.54, 1.807) is 0 Å². The van der Waals surface area contributed by atoms with E-state index in [1.165, 1.54) is 19.3 Å². The van der Waals surface area contributed by atoms with Gasteiger partial charge < -0.3 is 14.6 Å². The molecule has 0 amide bonds. The fourth-order valence-electron chi connectivity index (χ4n) is 1.34. The zero-order valence-corrected chi connectivity index (χ0v) is 9.70. The van der Waals surface area contributed by atoms with E-state index >= 15 is 0 Å². The Labute approximate surface area is 91.6 Å². The molecule has 1 N–H and O–H groups in total. The van der Waals surface area contributed by atoms with E-state index < -0.39 is 6.16 Å². The molecule has 1 atom stereocenters. The molecule has 4 heteroatoms. The normalized spacial score (nSPS) is 12.4. The highest BCUT2D eigenvalue weighted by Crippen LogP contribution is 2.12. The van der Waals surface area contributed by atoms with Gasteiger partial charge in [0.15, 0.2) is 0 Å². The molecule has 0 fully saturated rings. The van der Waals surface area contributed by atoms with Crippen molar-refractivity contribution in [3.05, 3.63) is 0 Å². The second-order valence-corrected chi connectivity index (χ2v) is 3.61. The van der Waals surface area contributed by atoms with Gasteiger partial charge in [-0.15, -0.1) is 0 Å². The molecule has 0 aliphatic rings. The molecule has 90 valence electrons. The van der Waals surface area contributed by atoms with Crippen LogP contribution in [0.2, 0.25) is 0 Å². The van der Waals surface area contributed by atoms with Gasteiger partial charge in [0.05, 0.1) is 6.61 Å². The van der Waals surface area contributed by atoms with Crippen molar-refractivity contribution in [1.82, 2.24) is 0 Å². The average molecular weight is 218 g/mol. The number of hydrogen-bond donors (Lipinski definition) is 1. The van der Waals surface area contributed by atoms with Crippen LogP contribution in [-0.2, 0) is 9.47 Å². The number of hydrogen-bond acceptors (Lipinski definition) is 3. The zero-order chi connectivity index (χ0) is 11.5. The minimum absolute atomic E-state index is 0.125. The van der Waals surface area contributed by atoms with Gasteiger partial charge in [0.1, 0.15) is 6.61 Å². The van der Waals surface area contributed by atoms with Crippen LogP contribution in [0.4, 0.5) is 4.79 Å². The maximum Gasteiger partial charge on any atom is 0.505 e. The molecular formula is C11H22O4. The van der Waals surface area contributed by atoms with Crippen LogP contribution in [0.25, 0.3) is 0 Å². The maximum atomic E-state index is 10.0. The number of rotatable bonds is 9. The summed E-state index contributed by atoms with van der Waals surface area (Å²) in [6.07, 6.45) is 3.50. The lowest BCUT2D eigenvalue weighted by molar-refractivity contribution is 0.0347. The standard InChI is InChI=1S/C11H22O4/c1-3-5-6-10(4-2)9-14-7-8-15-11(12)13/h10H,3-9H2,1-2H3,(H,12,13). The first-order valence-corrected chi connectivity index (χ1v) is 5.64. The lowest BCUT2D eigenvalue weighted by Crippen LogP contribution is -2.13. The van der Waals surface area contributed by atoms with E-state index in [-0.39, 0.29) is 6.61 Å². The summed E-state index contributed by atoms with van der Waals surface area (Å²) in [7, 11) is 0. The Bertz CT molecular complexity index is 159. The number of carboxylic acid groups (broad SMARTS) is 1. The lowest BCUT2D eigenvalue weighted by atomic mass is 10.0. The van der Waals surface area contributed by atoms with Crippen LogP contribution >= 0.6 is 0 Å². The predicted molar refractivity (Wildman–Crippen MR) is 58.1 cm³/mol. The van der Waals surface area contributed by atoms with E-state index in [1.807, 2.05) is 0 Å². The van der Waals surface area contributed by atoms with Crippen molar-refractivity contribution in [3.63, 3.8) is 0 Å². The Morgan fingerprint density at radius 3 is 2.60 bits per heavy atom. The van der Waals surface area contributed by atoms with Crippen molar-refractivity contribution in [2.75, 3.05) is 19.8 Å². The van der Waals surface area contributed by atoms with E-state index in [0.29, 0.717) is 19.1 Å². The number of unbranched alkanes of at least 4 members (excludes halogenated alkanes) is 1. The van der Waals surface area contributed by atoms with Crippen LogP contribution < -0.4 is 0 Å². The molecule has 0 radical (unpaired) electrons. The Balaban J connectivity index is 3.33. The van der Waals surface area contributed by atoms with E-state index in [0.717, 1.165) is 6.42 Å². The molecule has 4 nitrogen and oxygen atoms in total. The topological polar surface area (TPSA) is 55.8 Å². The molecule has 0 aliphatic carbocycles. The van der Waals surface area contributed by atoms with Gasteiger partial charge in [-0.2, -0.15) is 0 Å². The largest absolute Gasteiger partial charge is 0.505 e. The van der Waals surface area contributed by atoms with Gasteiger partial charge in [-0.25, -0.2) is 4.79 Å². The van der Waals surface area contributed by atoms with Crippen LogP contribution in [0.15, 0.2) is 0 Å². The average Bonchev–Trinajstić information content (AvgIpc) is 2.21. The molecule has 1 unspecified atom stereocenters. The van der Waals surface area contributed by atoms with Crippen molar-refractivity contribution >= 4 is 6.16 Å². The molecule has 0 aromatic carbocycles. The second-order valence-electron chi connectivity index (χ2n) is 3.61. The fraction of sp³-hybridized carbons (Fsp3) is 0.909. The minimum atomic E-state index is -1.24. The number of carbonyl (C=O) groups is 1. The van der Waals surface area contributed by atoms with Crippen molar-refractivity contribution < 1.29 is 19.4 Å². The van der Waals surface area contributed by atoms with Gasteiger partial charge in [0.25, 0.3) is 0 Å². The molecule has 0 aromatic rings. The van der Waals surface area contributed by atoms with E-state index in [2.05, 4.69) is 18.6 Å². The molecule has 0 saturated heterocycles. The first-order valence-electron chi connectivity index (χ1n) is 5.64. The summed E-state index contributed by atoms with van der Waals surface area (Å²) in [5.74, 6) is 0.592. The summed E-state index contributed by atoms with van der Waals surface area (Å²) in [6, 6.07) is 0. The Kier molecular flexibility index (Phi) is 9.27. The Morgan fingerprint density at radius 1 is 1.33 bits per heavy atom. The Morgan fingerprint density at radius 2 is 2.07 bits per heavy atom. The first kappa shape index (κ1) is 14.2. The number of ether oxygens (including phenoxy) is 2. The SMILES string of the molecule is CCCCC(CC)COCCOC(=O)O. The minimum Gasteiger partial charge on any atom is -0.450 e. The highest BCUT2D eigenvalue weighted by atomic mass is 16.7. The van der Waals surface area contributed by atoms with Gasteiger partial charge in [0.2, 0.25) is 0 Å². The van der Waals surface area contributed by atoms with Crippen LogP contribution in [0.1, 0.15) is 39.5 Å². The predicted octanol–water partition coefficient (Wildman–Crippen LogP) is 2.91. The quantitative estimate of drug-likeness (QED) is 0.477. The Hall–Kier alpha value is -0.770. The van der Waals surface area contributed by atoms with Crippen molar-refractivity contribution in [1.29, 1.82) is 0 Å².